The van der Waals surface area contributed by atoms with Crippen molar-refractivity contribution in [2.24, 2.45) is 10.4 Å². The van der Waals surface area contributed by atoms with Gasteiger partial charge in [-0.2, -0.15) is 0 Å². The molecule has 3 rings (SSSR count). The quantitative estimate of drug-likeness (QED) is 0.635. The van der Waals surface area contributed by atoms with Gasteiger partial charge < -0.3 is 19.9 Å². The smallest absolute Gasteiger partial charge is 0.194 e. The third-order valence-corrected chi connectivity index (χ3v) is 6.44. The summed E-state index contributed by atoms with van der Waals surface area (Å²) in [5.74, 6) is 2.01. The fraction of sp³-hybridized carbons (Fsp3) is 0.727. The molecule has 156 valence electrons. The van der Waals surface area contributed by atoms with Gasteiger partial charge in [0.25, 0.3) is 0 Å². The van der Waals surface area contributed by atoms with Crippen molar-refractivity contribution in [1.29, 1.82) is 0 Å². The standard InChI is InChI=1S/C22H37N5O/c1-8-23-20(27-15-21(4,5)22(27,6)7)25-12-18-9-10-19(24-11-18)26-13-16(2)28-17(3)14-26/h9-11,16-17H,8,12-15H2,1-7H3,(H,23,25). The average Bonchev–Trinajstić information content (AvgIpc) is 2.63. The Balaban J connectivity index is 1.67. The third-order valence-electron chi connectivity index (χ3n) is 6.44. The van der Waals surface area contributed by atoms with Crippen LogP contribution in [0.1, 0.15) is 54.0 Å². The first kappa shape index (κ1) is 20.9. The number of aromatic nitrogens is 1. The lowest BCUT2D eigenvalue weighted by Gasteiger charge is -2.62. The Morgan fingerprint density at radius 2 is 1.89 bits per heavy atom. The first-order chi connectivity index (χ1) is 13.1. The number of ether oxygens (including phenoxy) is 1. The van der Waals surface area contributed by atoms with Crippen molar-refractivity contribution >= 4 is 11.8 Å². The molecule has 0 spiro atoms. The molecule has 2 atom stereocenters. The highest BCUT2D eigenvalue weighted by atomic mass is 16.5. The maximum Gasteiger partial charge on any atom is 0.194 e. The van der Waals surface area contributed by atoms with E-state index in [4.69, 9.17) is 14.7 Å². The van der Waals surface area contributed by atoms with Gasteiger partial charge >= 0.3 is 0 Å². The van der Waals surface area contributed by atoms with Crippen molar-refractivity contribution in [2.45, 2.75) is 72.8 Å². The van der Waals surface area contributed by atoms with E-state index in [9.17, 15) is 0 Å². The number of guanidine groups is 1. The predicted molar refractivity (Wildman–Crippen MR) is 116 cm³/mol. The molecule has 2 fully saturated rings. The Morgan fingerprint density at radius 1 is 1.21 bits per heavy atom. The summed E-state index contributed by atoms with van der Waals surface area (Å²) in [7, 11) is 0. The molecule has 2 unspecified atom stereocenters. The number of nitrogens with zero attached hydrogens (tertiary/aromatic N) is 4. The Morgan fingerprint density at radius 3 is 2.39 bits per heavy atom. The highest BCUT2D eigenvalue weighted by Gasteiger charge is 2.53. The molecular weight excluding hydrogens is 350 g/mol. The normalized spacial score (nSPS) is 26.8. The number of pyridine rings is 1. The summed E-state index contributed by atoms with van der Waals surface area (Å²) in [4.78, 5) is 14.3. The first-order valence-corrected chi connectivity index (χ1v) is 10.6. The van der Waals surface area contributed by atoms with Gasteiger partial charge in [-0.15, -0.1) is 0 Å². The van der Waals surface area contributed by atoms with E-state index in [0.717, 1.165) is 43.5 Å². The van der Waals surface area contributed by atoms with Gasteiger partial charge in [-0.3, -0.25) is 0 Å². The van der Waals surface area contributed by atoms with E-state index in [1.165, 1.54) is 0 Å². The molecule has 2 aliphatic heterocycles. The summed E-state index contributed by atoms with van der Waals surface area (Å²) >= 11 is 0. The molecule has 0 saturated carbocycles. The summed E-state index contributed by atoms with van der Waals surface area (Å²) in [5, 5.41) is 3.45. The molecule has 2 saturated heterocycles. The third kappa shape index (κ3) is 4.12. The van der Waals surface area contributed by atoms with Crippen molar-refractivity contribution in [3.05, 3.63) is 23.9 Å². The van der Waals surface area contributed by atoms with Crippen LogP contribution >= 0.6 is 0 Å². The van der Waals surface area contributed by atoms with E-state index in [0.29, 0.717) is 12.0 Å². The molecule has 1 aromatic heterocycles. The van der Waals surface area contributed by atoms with E-state index in [1.807, 2.05) is 6.20 Å². The van der Waals surface area contributed by atoms with Gasteiger partial charge in [-0.25, -0.2) is 9.98 Å². The maximum atomic E-state index is 5.82. The summed E-state index contributed by atoms with van der Waals surface area (Å²) in [6, 6.07) is 4.25. The molecule has 0 aliphatic carbocycles. The number of hydrogen-bond acceptors (Lipinski definition) is 4. The van der Waals surface area contributed by atoms with Crippen LogP contribution in [0.15, 0.2) is 23.3 Å². The summed E-state index contributed by atoms with van der Waals surface area (Å²) in [6.07, 6.45) is 2.43. The lowest BCUT2D eigenvalue weighted by atomic mass is 9.65. The van der Waals surface area contributed by atoms with Crippen LogP contribution in [0.25, 0.3) is 0 Å². The monoisotopic (exact) mass is 387 g/mol. The van der Waals surface area contributed by atoms with Crippen LogP contribution in [0.2, 0.25) is 0 Å². The van der Waals surface area contributed by atoms with Gasteiger partial charge in [0.05, 0.1) is 18.8 Å². The second kappa shape index (κ2) is 7.90. The van der Waals surface area contributed by atoms with Crippen LogP contribution < -0.4 is 10.2 Å². The second-order valence-electron chi connectivity index (χ2n) is 9.39. The lowest BCUT2D eigenvalue weighted by molar-refractivity contribution is -0.0667. The molecule has 0 aromatic carbocycles. The summed E-state index contributed by atoms with van der Waals surface area (Å²) in [6.45, 7) is 19.9. The Hall–Kier alpha value is -1.82. The fourth-order valence-corrected chi connectivity index (χ4v) is 4.02. The molecule has 2 aliphatic rings. The molecule has 6 heteroatoms. The molecular formula is C22H37N5O. The predicted octanol–water partition coefficient (Wildman–Crippen LogP) is 3.28. The van der Waals surface area contributed by atoms with Gasteiger partial charge in [0.15, 0.2) is 5.96 Å². The van der Waals surface area contributed by atoms with Crippen LogP contribution in [-0.4, -0.2) is 59.8 Å². The van der Waals surface area contributed by atoms with Gasteiger partial charge in [0.1, 0.15) is 5.82 Å². The van der Waals surface area contributed by atoms with E-state index < -0.39 is 0 Å². The van der Waals surface area contributed by atoms with Crippen LogP contribution in [0.5, 0.6) is 0 Å². The van der Waals surface area contributed by atoms with Gasteiger partial charge in [0, 0.05) is 43.3 Å². The van der Waals surface area contributed by atoms with E-state index >= 15 is 0 Å². The average molecular weight is 388 g/mol. The molecule has 6 nitrogen and oxygen atoms in total. The number of rotatable bonds is 4. The minimum atomic E-state index is 0.0971. The van der Waals surface area contributed by atoms with Crippen LogP contribution in [0.4, 0.5) is 5.82 Å². The van der Waals surface area contributed by atoms with Crippen molar-refractivity contribution in [1.82, 2.24) is 15.2 Å². The fourth-order valence-electron chi connectivity index (χ4n) is 4.02. The minimum Gasteiger partial charge on any atom is -0.372 e. The van der Waals surface area contributed by atoms with Crippen molar-refractivity contribution < 1.29 is 4.74 Å². The summed E-state index contributed by atoms with van der Waals surface area (Å²) in [5.41, 5.74) is 1.52. The van der Waals surface area contributed by atoms with E-state index in [1.54, 1.807) is 0 Å². The number of nitrogens with one attached hydrogen (secondary N) is 1. The second-order valence-corrected chi connectivity index (χ2v) is 9.39. The Kier molecular flexibility index (Phi) is 5.89. The SMILES string of the molecule is CCNC(=NCc1ccc(N2CC(C)OC(C)C2)nc1)N1CC(C)(C)C1(C)C. The molecule has 1 aromatic rings. The zero-order valence-corrected chi connectivity index (χ0v) is 18.6. The van der Waals surface area contributed by atoms with Crippen molar-refractivity contribution in [3.63, 3.8) is 0 Å². The largest absolute Gasteiger partial charge is 0.372 e. The zero-order valence-electron chi connectivity index (χ0n) is 18.6. The molecule has 28 heavy (non-hydrogen) atoms. The number of likely N-dealkylation sites (tertiary alicyclic amines) is 1. The number of hydrogen-bond donors (Lipinski definition) is 1. The van der Waals surface area contributed by atoms with Gasteiger partial charge in [-0.05, 0) is 46.2 Å². The zero-order chi connectivity index (χ0) is 20.5. The molecule has 0 amide bonds. The molecule has 1 N–H and O–H groups in total. The van der Waals surface area contributed by atoms with Crippen LogP contribution in [0.3, 0.4) is 0 Å². The molecule has 0 radical (unpaired) electrons. The topological polar surface area (TPSA) is 53.0 Å². The minimum absolute atomic E-state index is 0.0971. The van der Waals surface area contributed by atoms with Gasteiger partial charge in [0.2, 0.25) is 0 Å². The highest BCUT2D eigenvalue weighted by molar-refractivity contribution is 5.82. The Bertz CT molecular complexity index is 687. The Labute approximate surface area is 170 Å². The van der Waals surface area contributed by atoms with Crippen LogP contribution in [0, 0.1) is 5.41 Å². The maximum absolute atomic E-state index is 5.82. The number of aliphatic imine (C=N–C) groups is 1. The van der Waals surface area contributed by atoms with E-state index in [-0.39, 0.29) is 17.7 Å². The summed E-state index contributed by atoms with van der Waals surface area (Å²) < 4.78 is 5.82. The van der Waals surface area contributed by atoms with Gasteiger partial charge in [-0.1, -0.05) is 19.9 Å². The number of morpholine rings is 1. The van der Waals surface area contributed by atoms with Crippen LogP contribution in [-0.2, 0) is 11.3 Å². The lowest BCUT2D eigenvalue weighted by Crippen LogP contribution is -2.72. The first-order valence-electron chi connectivity index (χ1n) is 10.6. The van der Waals surface area contributed by atoms with E-state index in [2.05, 4.69) is 75.7 Å². The molecule has 3 heterocycles. The van der Waals surface area contributed by atoms with Crippen molar-refractivity contribution in [3.8, 4) is 0 Å². The molecule has 0 bridgehead atoms. The highest BCUT2D eigenvalue weighted by Crippen LogP contribution is 2.46. The number of anilines is 1. The van der Waals surface area contributed by atoms with Crippen molar-refractivity contribution in [2.75, 3.05) is 31.1 Å².